The molecule has 1 unspecified atom stereocenters. The van der Waals surface area contributed by atoms with Crippen LogP contribution in [0, 0.1) is 13.8 Å². The van der Waals surface area contributed by atoms with Crippen LogP contribution in [0.15, 0.2) is 53.5 Å². The zero-order valence-corrected chi connectivity index (χ0v) is 21.2. The van der Waals surface area contributed by atoms with Gasteiger partial charge >= 0.3 is 0 Å². The molecule has 0 saturated carbocycles. The lowest BCUT2D eigenvalue weighted by atomic mass is 10.1. The summed E-state index contributed by atoms with van der Waals surface area (Å²) in [6.07, 6.45) is 2.08. The number of nitrogens with zero attached hydrogens (tertiary/aromatic N) is 4. The van der Waals surface area contributed by atoms with Gasteiger partial charge in [-0.1, -0.05) is 30.3 Å². The first-order valence-corrected chi connectivity index (χ1v) is 10.9. The van der Waals surface area contributed by atoms with Crippen LogP contribution in [0.2, 0.25) is 0 Å². The Hall–Kier alpha value is -2.62. The van der Waals surface area contributed by atoms with Crippen LogP contribution in [-0.4, -0.2) is 27.3 Å². The number of aliphatic imine (C=N–C) groups is 1. The number of aromatic nitrogens is 3. The summed E-state index contributed by atoms with van der Waals surface area (Å²) >= 11 is 0. The molecule has 2 N–H and O–H groups in total. The second kappa shape index (κ2) is 11.3. The maximum absolute atomic E-state index is 6.15. The molecule has 0 bridgehead atoms. The van der Waals surface area contributed by atoms with Crippen LogP contribution in [-0.2, 0) is 13.1 Å². The highest BCUT2D eigenvalue weighted by atomic mass is 127. The molecule has 0 fully saturated rings. The fraction of sp³-hybridized carbons (Fsp3) is 0.375. The topological polar surface area (TPSA) is 76.4 Å². The molecule has 0 amide bonds. The number of halogens is 1. The molecule has 2 aromatic carbocycles. The van der Waals surface area contributed by atoms with Gasteiger partial charge in [0.05, 0.1) is 12.6 Å². The van der Waals surface area contributed by atoms with Gasteiger partial charge in [-0.15, -0.1) is 24.0 Å². The molecule has 1 aliphatic rings. The summed E-state index contributed by atoms with van der Waals surface area (Å²) in [7, 11) is 0. The molecule has 7 nitrogen and oxygen atoms in total. The Bertz CT molecular complexity index is 1060. The van der Waals surface area contributed by atoms with E-state index in [-0.39, 0.29) is 30.0 Å². The maximum atomic E-state index is 6.15. The molecule has 8 heteroatoms. The first-order valence-electron chi connectivity index (χ1n) is 10.9. The standard InChI is InChI=1S/C24H30N6O.HI/c1-4-25-24(28-21-12-8-14-30-23(21)27-18(3)29-30)26-16-19-10-5-6-13-22(19)31-20-11-7-9-17(2)15-20;/h5-7,9-11,13,15,21H,4,8,12,14,16H2,1-3H3,(H2,25,26,28);1H. The number of fused-ring (bicyclic) bond motifs is 1. The number of guanidine groups is 1. The third-order valence-corrected chi connectivity index (χ3v) is 5.23. The lowest BCUT2D eigenvalue weighted by Crippen LogP contribution is -2.41. The van der Waals surface area contributed by atoms with E-state index in [2.05, 4.69) is 46.7 Å². The van der Waals surface area contributed by atoms with Crippen LogP contribution in [0.4, 0.5) is 0 Å². The molecule has 0 saturated heterocycles. The van der Waals surface area contributed by atoms with Crippen molar-refractivity contribution in [2.75, 3.05) is 6.54 Å². The quantitative estimate of drug-likeness (QED) is 0.262. The molecular formula is C24H31IN6O. The minimum Gasteiger partial charge on any atom is -0.457 e. The lowest BCUT2D eigenvalue weighted by Gasteiger charge is -2.25. The van der Waals surface area contributed by atoms with Gasteiger partial charge < -0.3 is 15.4 Å². The second-order valence-electron chi connectivity index (χ2n) is 7.80. The number of para-hydroxylation sites is 1. The number of benzene rings is 2. The Morgan fingerprint density at radius 3 is 2.84 bits per heavy atom. The van der Waals surface area contributed by atoms with Crippen molar-refractivity contribution in [2.45, 2.75) is 52.7 Å². The predicted octanol–water partition coefficient (Wildman–Crippen LogP) is 4.90. The summed E-state index contributed by atoms with van der Waals surface area (Å²) in [5.74, 6) is 4.22. The fourth-order valence-electron chi connectivity index (χ4n) is 3.79. The summed E-state index contributed by atoms with van der Waals surface area (Å²) in [6.45, 7) is 8.28. The van der Waals surface area contributed by atoms with Crippen LogP contribution in [0.25, 0.3) is 0 Å². The molecular weight excluding hydrogens is 515 g/mol. The van der Waals surface area contributed by atoms with Crippen LogP contribution >= 0.6 is 24.0 Å². The first-order chi connectivity index (χ1) is 15.1. The Kier molecular flexibility index (Phi) is 8.49. The highest BCUT2D eigenvalue weighted by Crippen LogP contribution is 2.27. The van der Waals surface area contributed by atoms with Gasteiger partial charge in [0.1, 0.15) is 23.1 Å². The molecule has 2 heterocycles. The molecule has 170 valence electrons. The Balaban J connectivity index is 0.00000289. The van der Waals surface area contributed by atoms with Crippen molar-refractivity contribution >= 4 is 29.9 Å². The summed E-state index contributed by atoms with van der Waals surface area (Å²) in [4.78, 5) is 9.45. The number of nitrogens with one attached hydrogen (secondary N) is 2. The van der Waals surface area contributed by atoms with Crippen LogP contribution in [0.5, 0.6) is 11.5 Å². The van der Waals surface area contributed by atoms with Crippen molar-refractivity contribution in [3.63, 3.8) is 0 Å². The van der Waals surface area contributed by atoms with Crippen LogP contribution in [0.3, 0.4) is 0 Å². The van der Waals surface area contributed by atoms with Gasteiger partial charge in [-0.3, -0.25) is 0 Å². The number of ether oxygens (including phenoxy) is 1. The Labute approximate surface area is 206 Å². The zero-order chi connectivity index (χ0) is 21.6. The van der Waals surface area contributed by atoms with Gasteiger partial charge in [-0.05, 0) is 57.4 Å². The van der Waals surface area contributed by atoms with Crippen molar-refractivity contribution in [2.24, 2.45) is 4.99 Å². The fourth-order valence-corrected chi connectivity index (χ4v) is 3.79. The minimum atomic E-state index is 0. The summed E-state index contributed by atoms with van der Waals surface area (Å²) < 4.78 is 8.16. The molecule has 1 aromatic heterocycles. The van der Waals surface area contributed by atoms with E-state index in [0.29, 0.717) is 6.54 Å². The SMILES string of the molecule is CCNC(=NCc1ccccc1Oc1cccc(C)c1)NC1CCCn2nc(C)nc21.I. The number of hydrogen-bond acceptors (Lipinski definition) is 4. The summed E-state index contributed by atoms with van der Waals surface area (Å²) in [5, 5.41) is 11.4. The van der Waals surface area contributed by atoms with E-state index in [1.165, 1.54) is 5.56 Å². The van der Waals surface area contributed by atoms with Gasteiger partial charge in [0, 0.05) is 18.7 Å². The van der Waals surface area contributed by atoms with Crippen molar-refractivity contribution in [3.8, 4) is 11.5 Å². The average molecular weight is 546 g/mol. The highest BCUT2D eigenvalue weighted by Gasteiger charge is 2.24. The summed E-state index contributed by atoms with van der Waals surface area (Å²) in [5.41, 5.74) is 2.20. The monoisotopic (exact) mass is 546 g/mol. The Morgan fingerprint density at radius 2 is 2.03 bits per heavy atom. The Morgan fingerprint density at radius 1 is 1.19 bits per heavy atom. The van der Waals surface area contributed by atoms with Gasteiger partial charge in [0.15, 0.2) is 5.96 Å². The molecule has 1 atom stereocenters. The van der Waals surface area contributed by atoms with Crippen molar-refractivity contribution in [3.05, 3.63) is 71.3 Å². The molecule has 0 radical (unpaired) electrons. The molecule has 0 spiro atoms. The first kappa shape index (κ1) is 24.0. The molecule has 3 aromatic rings. The minimum absolute atomic E-state index is 0. The highest BCUT2D eigenvalue weighted by molar-refractivity contribution is 14.0. The van der Waals surface area contributed by atoms with Crippen LogP contribution < -0.4 is 15.4 Å². The zero-order valence-electron chi connectivity index (χ0n) is 18.8. The van der Waals surface area contributed by atoms with Crippen molar-refractivity contribution in [1.82, 2.24) is 25.4 Å². The molecule has 4 rings (SSSR count). The molecule has 0 aliphatic carbocycles. The maximum Gasteiger partial charge on any atom is 0.192 e. The van der Waals surface area contributed by atoms with E-state index in [1.54, 1.807) is 0 Å². The third kappa shape index (κ3) is 5.99. The van der Waals surface area contributed by atoms with E-state index < -0.39 is 0 Å². The largest absolute Gasteiger partial charge is 0.457 e. The lowest BCUT2D eigenvalue weighted by molar-refractivity contribution is 0.397. The normalized spacial score (nSPS) is 15.5. The van der Waals surface area contributed by atoms with Crippen LogP contribution in [0.1, 0.15) is 48.6 Å². The van der Waals surface area contributed by atoms with E-state index in [1.807, 2.05) is 48.0 Å². The van der Waals surface area contributed by atoms with E-state index in [9.17, 15) is 0 Å². The van der Waals surface area contributed by atoms with Gasteiger partial charge in [0.25, 0.3) is 0 Å². The van der Waals surface area contributed by atoms with Gasteiger partial charge in [-0.2, -0.15) is 5.10 Å². The number of aryl methyl sites for hydroxylation is 3. The molecule has 1 aliphatic heterocycles. The van der Waals surface area contributed by atoms with Crippen molar-refractivity contribution < 1.29 is 4.74 Å². The number of rotatable bonds is 6. The van der Waals surface area contributed by atoms with E-state index >= 15 is 0 Å². The molecule has 32 heavy (non-hydrogen) atoms. The predicted molar refractivity (Wildman–Crippen MR) is 138 cm³/mol. The smallest absolute Gasteiger partial charge is 0.192 e. The van der Waals surface area contributed by atoms with Gasteiger partial charge in [-0.25, -0.2) is 14.7 Å². The summed E-state index contributed by atoms with van der Waals surface area (Å²) in [6, 6.07) is 16.2. The van der Waals surface area contributed by atoms with Gasteiger partial charge in [0.2, 0.25) is 0 Å². The number of hydrogen-bond donors (Lipinski definition) is 2. The van der Waals surface area contributed by atoms with E-state index in [0.717, 1.165) is 60.6 Å². The average Bonchev–Trinajstić information content (AvgIpc) is 3.14. The third-order valence-electron chi connectivity index (χ3n) is 5.23. The second-order valence-corrected chi connectivity index (χ2v) is 7.80. The van der Waals surface area contributed by atoms with E-state index in [4.69, 9.17) is 9.73 Å². The van der Waals surface area contributed by atoms with Crippen molar-refractivity contribution in [1.29, 1.82) is 0 Å².